The van der Waals surface area contributed by atoms with Gasteiger partial charge in [0.1, 0.15) is 0 Å². The Morgan fingerprint density at radius 3 is 2.33 bits per heavy atom. The first kappa shape index (κ1) is 12.7. The van der Waals surface area contributed by atoms with Gasteiger partial charge in [0, 0.05) is 19.3 Å². The fraction of sp³-hybridized carbons (Fsp3) is 0.364. The molecule has 1 fully saturated rings. The average Bonchev–Trinajstić information content (AvgIpc) is 2.54. The number of likely N-dealkylation sites (N-methyl/N-ethyl adjacent to an activating group) is 1. The number of nitrogen functional groups attached to an aromatic ring is 1. The lowest BCUT2D eigenvalue weighted by Crippen LogP contribution is -2.38. The van der Waals surface area contributed by atoms with Gasteiger partial charge >= 0.3 is 0 Å². The van der Waals surface area contributed by atoms with Gasteiger partial charge in [0.05, 0.1) is 10.9 Å². The summed E-state index contributed by atoms with van der Waals surface area (Å²) in [6, 6.07) is 5.76. The maximum atomic E-state index is 12.4. The maximum Gasteiger partial charge on any atom is 0.266 e. The van der Waals surface area contributed by atoms with Gasteiger partial charge in [0.2, 0.25) is 5.96 Å². The highest BCUT2D eigenvalue weighted by Crippen LogP contribution is 2.24. The minimum Gasteiger partial charge on any atom is -0.399 e. The SMILES string of the molecule is CC1CN(C)C(=N)N1S(=O)(=O)c1ccc(N)cc1. The number of benzene rings is 1. The molecule has 1 heterocycles. The van der Waals surface area contributed by atoms with Crippen LogP contribution in [0.1, 0.15) is 6.92 Å². The molecule has 0 bridgehead atoms. The first-order valence-electron chi connectivity index (χ1n) is 5.53. The number of hydrogen-bond donors (Lipinski definition) is 2. The van der Waals surface area contributed by atoms with Crippen LogP contribution in [-0.2, 0) is 10.0 Å². The van der Waals surface area contributed by atoms with E-state index in [1.54, 1.807) is 31.0 Å². The second kappa shape index (κ2) is 4.16. The smallest absolute Gasteiger partial charge is 0.266 e. The van der Waals surface area contributed by atoms with Crippen LogP contribution in [0.4, 0.5) is 5.69 Å². The first-order chi connectivity index (χ1) is 8.34. The molecular weight excluding hydrogens is 252 g/mol. The lowest BCUT2D eigenvalue weighted by atomic mass is 10.3. The monoisotopic (exact) mass is 268 g/mol. The van der Waals surface area contributed by atoms with E-state index in [1.807, 2.05) is 0 Å². The molecule has 1 aromatic rings. The molecule has 2 rings (SSSR count). The highest BCUT2D eigenvalue weighted by Gasteiger charge is 2.38. The Hall–Kier alpha value is -1.76. The normalized spacial score (nSPS) is 20.6. The molecule has 1 saturated heterocycles. The van der Waals surface area contributed by atoms with Gasteiger partial charge < -0.3 is 10.6 Å². The van der Waals surface area contributed by atoms with Crippen LogP contribution in [0.2, 0.25) is 0 Å². The third kappa shape index (κ3) is 1.90. The van der Waals surface area contributed by atoms with Gasteiger partial charge in [-0.1, -0.05) is 0 Å². The number of nitrogens with zero attached hydrogens (tertiary/aromatic N) is 2. The predicted octanol–water partition coefficient (Wildman–Crippen LogP) is 0.528. The second-order valence-electron chi connectivity index (χ2n) is 4.42. The molecule has 1 aliphatic rings. The largest absolute Gasteiger partial charge is 0.399 e. The van der Waals surface area contributed by atoms with Crippen molar-refractivity contribution in [1.82, 2.24) is 9.21 Å². The lowest BCUT2D eigenvalue weighted by Gasteiger charge is -2.22. The van der Waals surface area contributed by atoms with E-state index in [-0.39, 0.29) is 16.9 Å². The summed E-state index contributed by atoms with van der Waals surface area (Å²) in [6.45, 7) is 2.31. The molecule has 1 aromatic carbocycles. The standard InChI is InChI=1S/C11H16N4O2S/c1-8-7-14(2)11(13)15(8)18(16,17)10-5-3-9(12)4-6-10/h3-6,8,13H,7,12H2,1-2H3. The summed E-state index contributed by atoms with van der Waals surface area (Å²) in [5.74, 6) is -0.000625. The van der Waals surface area contributed by atoms with Crippen LogP contribution >= 0.6 is 0 Å². The van der Waals surface area contributed by atoms with Crippen LogP contribution in [0.25, 0.3) is 0 Å². The molecule has 0 aromatic heterocycles. The number of hydrogen-bond acceptors (Lipinski definition) is 4. The first-order valence-corrected chi connectivity index (χ1v) is 6.97. The molecule has 6 nitrogen and oxygen atoms in total. The summed E-state index contributed by atoms with van der Waals surface area (Å²) in [6.07, 6.45) is 0. The van der Waals surface area contributed by atoms with E-state index >= 15 is 0 Å². The minimum atomic E-state index is -3.68. The number of guanidine groups is 1. The van der Waals surface area contributed by atoms with Gasteiger partial charge in [-0.25, -0.2) is 12.7 Å². The molecule has 1 unspecified atom stereocenters. The van der Waals surface area contributed by atoms with E-state index in [1.165, 1.54) is 12.1 Å². The van der Waals surface area contributed by atoms with Crippen LogP contribution in [0, 0.1) is 5.41 Å². The lowest BCUT2D eigenvalue weighted by molar-refractivity contribution is 0.467. The number of nitrogens with one attached hydrogen (secondary N) is 1. The van der Waals surface area contributed by atoms with Crippen molar-refractivity contribution in [3.05, 3.63) is 24.3 Å². The van der Waals surface area contributed by atoms with Crippen molar-refractivity contribution in [3.8, 4) is 0 Å². The molecule has 0 aliphatic carbocycles. The summed E-state index contributed by atoms with van der Waals surface area (Å²) in [5.41, 5.74) is 6.05. The van der Waals surface area contributed by atoms with Gasteiger partial charge in [-0.3, -0.25) is 5.41 Å². The van der Waals surface area contributed by atoms with Crippen molar-refractivity contribution < 1.29 is 8.42 Å². The van der Waals surface area contributed by atoms with Crippen molar-refractivity contribution in [2.45, 2.75) is 17.9 Å². The summed E-state index contributed by atoms with van der Waals surface area (Å²) in [7, 11) is -1.97. The van der Waals surface area contributed by atoms with Crippen LogP contribution in [-0.4, -0.2) is 43.2 Å². The van der Waals surface area contributed by atoms with Crippen LogP contribution < -0.4 is 5.73 Å². The predicted molar refractivity (Wildman–Crippen MR) is 69.7 cm³/mol. The van der Waals surface area contributed by atoms with Crippen molar-refractivity contribution in [2.75, 3.05) is 19.3 Å². The molecule has 0 radical (unpaired) electrons. The van der Waals surface area contributed by atoms with E-state index in [2.05, 4.69) is 0 Å². The quantitative estimate of drug-likeness (QED) is 0.765. The fourth-order valence-corrected chi connectivity index (χ4v) is 3.65. The van der Waals surface area contributed by atoms with Crippen LogP contribution in [0.3, 0.4) is 0 Å². The summed E-state index contributed by atoms with van der Waals surface area (Å²) in [5, 5.41) is 7.84. The molecule has 1 aliphatic heterocycles. The molecule has 98 valence electrons. The molecule has 3 N–H and O–H groups in total. The highest BCUT2D eigenvalue weighted by atomic mass is 32.2. The Bertz CT molecular complexity index is 567. The van der Waals surface area contributed by atoms with E-state index < -0.39 is 10.0 Å². The zero-order chi connectivity index (χ0) is 13.5. The van der Waals surface area contributed by atoms with E-state index in [0.29, 0.717) is 12.2 Å². The molecule has 7 heteroatoms. The Morgan fingerprint density at radius 1 is 1.33 bits per heavy atom. The van der Waals surface area contributed by atoms with E-state index in [9.17, 15) is 8.42 Å². The van der Waals surface area contributed by atoms with Crippen molar-refractivity contribution in [2.24, 2.45) is 0 Å². The number of anilines is 1. The summed E-state index contributed by atoms with van der Waals surface area (Å²) in [4.78, 5) is 1.77. The summed E-state index contributed by atoms with van der Waals surface area (Å²) < 4.78 is 26.0. The van der Waals surface area contributed by atoms with Gasteiger partial charge in [-0.2, -0.15) is 0 Å². The molecule has 1 atom stereocenters. The van der Waals surface area contributed by atoms with Crippen LogP contribution in [0.5, 0.6) is 0 Å². The van der Waals surface area contributed by atoms with Gasteiger partial charge in [-0.15, -0.1) is 0 Å². The Kier molecular flexibility index (Phi) is 2.94. The van der Waals surface area contributed by atoms with Crippen molar-refractivity contribution >= 4 is 21.7 Å². The van der Waals surface area contributed by atoms with Crippen molar-refractivity contribution in [1.29, 1.82) is 5.41 Å². The summed E-state index contributed by atoms with van der Waals surface area (Å²) >= 11 is 0. The topological polar surface area (TPSA) is 90.5 Å². The third-order valence-corrected chi connectivity index (χ3v) is 4.86. The van der Waals surface area contributed by atoms with E-state index in [0.717, 1.165) is 4.31 Å². The Morgan fingerprint density at radius 2 is 1.89 bits per heavy atom. The molecular formula is C11H16N4O2S. The second-order valence-corrected chi connectivity index (χ2v) is 6.24. The number of rotatable bonds is 2. The molecule has 0 saturated carbocycles. The maximum absolute atomic E-state index is 12.4. The zero-order valence-corrected chi connectivity index (χ0v) is 11.1. The van der Waals surface area contributed by atoms with Gasteiger partial charge in [-0.05, 0) is 31.2 Å². The number of sulfonamides is 1. The third-order valence-electron chi connectivity index (χ3n) is 2.95. The highest BCUT2D eigenvalue weighted by molar-refractivity contribution is 7.89. The fourth-order valence-electron chi connectivity index (χ4n) is 2.04. The van der Waals surface area contributed by atoms with Gasteiger partial charge in [0.15, 0.2) is 0 Å². The average molecular weight is 268 g/mol. The Balaban J connectivity index is 2.43. The Labute approximate surface area is 107 Å². The molecule has 18 heavy (non-hydrogen) atoms. The minimum absolute atomic E-state index is 0.000625. The molecule has 0 amide bonds. The van der Waals surface area contributed by atoms with Gasteiger partial charge in [0.25, 0.3) is 10.0 Å². The zero-order valence-electron chi connectivity index (χ0n) is 10.3. The van der Waals surface area contributed by atoms with E-state index in [4.69, 9.17) is 11.1 Å². The number of nitrogens with two attached hydrogens (primary N) is 1. The van der Waals surface area contributed by atoms with Crippen LogP contribution in [0.15, 0.2) is 29.2 Å². The molecule has 0 spiro atoms. The van der Waals surface area contributed by atoms with Crippen molar-refractivity contribution in [3.63, 3.8) is 0 Å².